The van der Waals surface area contributed by atoms with Crippen LogP contribution in [0, 0.1) is 34.5 Å². The second-order valence-corrected chi connectivity index (χ2v) is 11.1. The molecular weight excluding hydrogens is 498 g/mol. The highest BCUT2D eigenvalue weighted by Gasteiger charge is 2.24. The Hall–Kier alpha value is -4.24. The predicted molar refractivity (Wildman–Crippen MR) is 153 cm³/mol. The number of likely N-dealkylation sites (tertiary alicyclic amines) is 2. The third-order valence-electron chi connectivity index (χ3n) is 8.08. The lowest BCUT2D eigenvalue weighted by atomic mass is 9.98. The van der Waals surface area contributed by atoms with Crippen molar-refractivity contribution >= 4 is 5.65 Å². The number of nitrogens with zero attached hydrogens (tertiary/aromatic N) is 7. The Morgan fingerprint density at radius 2 is 1.77 bits per heavy atom. The maximum atomic E-state index is 9.34. The number of aromatic nitrogens is 3. The monoisotopic (exact) mass is 531 g/mol. The molecule has 0 N–H and O–H groups in total. The third kappa shape index (κ3) is 5.42. The number of hydrogen-bond donors (Lipinski definition) is 0. The van der Waals surface area contributed by atoms with E-state index in [0.29, 0.717) is 24.1 Å². The van der Waals surface area contributed by atoms with Crippen LogP contribution in [-0.4, -0.2) is 64.0 Å². The number of imidazole rings is 1. The van der Waals surface area contributed by atoms with Crippen LogP contribution >= 0.6 is 0 Å². The van der Waals surface area contributed by atoms with Crippen molar-refractivity contribution in [3.8, 4) is 40.5 Å². The van der Waals surface area contributed by atoms with Gasteiger partial charge in [-0.25, -0.2) is 4.98 Å². The first-order valence-electron chi connectivity index (χ1n) is 14.0. The van der Waals surface area contributed by atoms with Crippen LogP contribution in [0.2, 0.25) is 0 Å². The maximum Gasteiger partial charge on any atom is 0.302 e. The molecule has 0 bridgehead atoms. The lowest BCUT2D eigenvalue weighted by molar-refractivity contribution is 0.143. The van der Waals surface area contributed by atoms with Gasteiger partial charge in [0.05, 0.1) is 41.5 Å². The zero-order chi connectivity index (χ0) is 27.5. The third-order valence-corrected chi connectivity index (χ3v) is 8.08. The van der Waals surface area contributed by atoms with Crippen LogP contribution in [0.25, 0.3) is 28.0 Å². The van der Waals surface area contributed by atoms with Gasteiger partial charge >= 0.3 is 6.01 Å². The Balaban J connectivity index is 1.36. The van der Waals surface area contributed by atoms with E-state index in [2.05, 4.69) is 53.3 Å². The summed E-state index contributed by atoms with van der Waals surface area (Å²) in [5.74, 6) is 0.595. The summed E-state index contributed by atoms with van der Waals surface area (Å²) in [7, 11) is 2.16. The number of ether oxygens (including phenoxy) is 1. The normalized spacial score (nSPS) is 19.9. The van der Waals surface area contributed by atoms with Crippen molar-refractivity contribution in [3.05, 3.63) is 72.1 Å². The minimum atomic E-state index is 0.133. The van der Waals surface area contributed by atoms with Crippen LogP contribution in [0.1, 0.15) is 30.4 Å². The first-order chi connectivity index (χ1) is 19.6. The Bertz CT molecular complexity index is 1560. The van der Waals surface area contributed by atoms with Crippen LogP contribution in [-0.2, 0) is 6.54 Å². The van der Waals surface area contributed by atoms with Gasteiger partial charge in [-0.05, 0) is 62.7 Å². The number of piperidine rings is 1. The quantitative estimate of drug-likeness (QED) is 0.331. The van der Waals surface area contributed by atoms with Gasteiger partial charge < -0.3 is 9.64 Å². The molecule has 8 nitrogen and oxygen atoms in total. The maximum absolute atomic E-state index is 9.34. The second kappa shape index (κ2) is 11.5. The summed E-state index contributed by atoms with van der Waals surface area (Å²) >= 11 is 0. The van der Waals surface area contributed by atoms with Crippen molar-refractivity contribution in [3.63, 3.8) is 0 Å². The summed E-state index contributed by atoms with van der Waals surface area (Å²) in [6, 6.07) is 21.2. The molecule has 8 heteroatoms. The number of benzene rings is 2. The first-order valence-corrected chi connectivity index (χ1v) is 14.0. The van der Waals surface area contributed by atoms with Crippen molar-refractivity contribution in [2.75, 3.05) is 39.8 Å². The molecule has 2 aromatic carbocycles. The van der Waals surface area contributed by atoms with Crippen LogP contribution in [0.3, 0.4) is 0 Å². The molecular formula is C32H33N7O. The fraction of sp³-hybridized carbons (Fsp3) is 0.375. The molecule has 2 aliphatic rings. The average molecular weight is 532 g/mol. The predicted octanol–water partition coefficient (Wildman–Crippen LogP) is 5.00. The van der Waals surface area contributed by atoms with E-state index in [4.69, 9.17) is 14.7 Å². The minimum Gasteiger partial charge on any atom is -0.464 e. The fourth-order valence-corrected chi connectivity index (χ4v) is 5.95. The van der Waals surface area contributed by atoms with E-state index in [1.165, 1.54) is 12.0 Å². The number of nitriles is 2. The Kier molecular flexibility index (Phi) is 7.46. The molecule has 40 heavy (non-hydrogen) atoms. The molecule has 0 aliphatic carbocycles. The molecule has 202 valence electrons. The smallest absolute Gasteiger partial charge is 0.302 e. The number of hydrogen-bond acceptors (Lipinski definition) is 7. The molecule has 2 saturated heterocycles. The summed E-state index contributed by atoms with van der Waals surface area (Å²) in [4.78, 5) is 14.5. The summed E-state index contributed by atoms with van der Waals surface area (Å²) in [5, 5.41) is 18.6. The van der Waals surface area contributed by atoms with Crippen molar-refractivity contribution in [1.82, 2.24) is 24.2 Å². The molecule has 0 radical (unpaired) electrons. The van der Waals surface area contributed by atoms with Gasteiger partial charge in [-0.15, -0.1) is 0 Å². The molecule has 0 spiro atoms. The van der Waals surface area contributed by atoms with Gasteiger partial charge in [0.1, 0.15) is 0 Å². The highest BCUT2D eigenvalue weighted by atomic mass is 16.5. The van der Waals surface area contributed by atoms with E-state index in [-0.39, 0.29) is 5.92 Å². The molecule has 4 aromatic rings. The van der Waals surface area contributed by atoms with Gasteiger partial charge in [-0.1, -0.05) is 36.4 Å². The molecule has 4 heterocycles. The van der Waals surface area contributed by atoms with E-state index < -0.39 is 0 Å². The van der Waals surface area contributed by atoms with Crippen LogP contribution in [0.4, 0.5) is 0 Å². The Labute approximate surface area is 235 Å². The Morgan fingerprint density at radius 1 is 0.975 bits per heavy atom. The summed E-state index contributed by atoms with van der Waals surface area (Å²) in [6.07, 6.45) is 6.97. The molecule has 2 fully saturated rings. The fourth-order valence-electron chi connectivity index (χ4n) is 5.95. The second-order valence-electron chi connectivity index (χ2n) is 11.1. The SMILES string of the molecule is CN1CCC[C@@H](COc2nc(-c3ccc(C#N)cc3)c(-c3ccc(CN4CC[C@H](C#N)C4)cc3)c3nccn23)C1. The molecule has 2 aliphatic heterocycles. The lowest BCUT2D eigenvalue weighted by Gasteiger charge is -2.29. The van der Waals surface area contributed by atoms with E-state index in [9.17, 15) is 10.5 Å². The van der Waals surface area contributed by atoms with Crippen molar-refractivity contribution in [2.24, 2.45) is 11.8 Å². The Morgan fingerprint density at radius 3 is 2.50 bits per heavy atom. The van der Waals surface area contributed by atoms with Crippen molar-refractivity contribution in [2.45, 2.75) is 25.8 Å². The van der Waals surface area contributed by atoms with Gasteiger partial charge in [0.25, 0.3) is 0 Å². The molecule has 6 rings (SSSR count). The van der Waals surface area contributed by atoms with Crippen LogP contribution < -0.4 is 4.74 Å². The van der Waals surface area contributed by atoms with Gasteiger partial charge in [-0.2, -0.15) is 15.5 Å². The molecule has 0 unspecified atom stereocenters. The van der Waals surface area contributed by atoms with E-state index in [1.807, 2.05) is 34.9 Å². The summed E-state index contributed by atoms with van der Waals surface area (Å²) < 4.78 is 8.32. The molecule has 0 amide bonds. The zero-order valence-electron chi connectivity index (χ0n) is 22.8. The molecule has 2 aromatic heterocycles. The molecule has 2 atom stereocenters. The largest absolute Gasteiger partial charge is 0.464 e. The zero-order valence-corrected chi connectivity index (χ0v) is 22.8. The van der Waals surface area contributed by atoms with Gasteiger partial charge in [0.2, 0.25) is 0 Å². The highest BCUT2D eigenvalue weighted by Crippen LogP contribution is 2.36. The summed E-state index contributed by atoms with van der Waals surface area (Å²) in [5.41, 5.74) is 6.24. The number of fused-ring (bicyclic) bond motifs is 1. The summed E-state index contributed by atoms with van der Waals surface area (Å²) in [6.45, 7) is 5.39. The van der Waals surface area contributed by atoms with E-state index in [0.717, 1.165) is 73.6 Å². The average Bonchev–Trinajstić information content (AvgIpc) is 3.66. The standard InChI is InChI=1S/C32H33N7O/c1-37-14-2-3-26(19-37)22-40-32-36-30(28-10-4-23(17-33)5-11-28)29(31-35-13-16-39(31)32)27-8-6-24(7-9-27)20-38-15-12-25(18-34)21-38/h4-11,13,16,25-26H,2-3,12,14-15,19-22H2,1H3/t25-,26-/m1/s1. The molecule has 0 saturated carbocycles. The van der Waals surface area contributed by atoms with Gasteiger partial charge in [0, 0.05) is 43.5 Å². The van der Waals surface area contributed by atoms with E-state index >= 15 is 0 Å². The van der Waals surface area contributed by atoms with Crippen molar-refractivity contribution < 1.29 is 4.74 Å². The lowest BCUT2D eigenvalue weighted by Crippen LogP contribution is -2.35. The van der Waals surface area contributed by atoms with Crippen molar-refractivity contribution in [1.29, 1.82) is 10.5 Å². The van der Waals surface area contributed by atoms with Crippen LogP contribution in [0.5, 0.6) is 6.01 Å². The topological polar surface area (TPSA) is 93.5 Å². The van der Waals surface area contributed by atoms with Gasteiger partial charge in [0.15, 0.2) is 5.65 Å². The van der Waals surface area contributed by atoms with Gasteiger partial charge in [-0.3, -0.25) is 9.30 Å². The first kappa shape index (κ1) is 26.0. The van der Waals surface area contributed by atoms with Crippen LogP contribution in [0.15, 0.2) is 60.9 Å². The number of rotatable bonds is 7. The minimum absolute atomic E-state index is 0.133. The van der Waals surface area contributed by atoms with E-state index in [1.54, 1.807) is 6.20 Å². The highest BCUT2D eigenvalue weighted by molar-refractivity contribution is 5.90.